The smallest absolute Gasteiger partial charge is 0.419 e. The predicted octanol–water partition coefficient (Wildman–Crippen LogP) is 4.50. The Morgan fingerprint density at radius 2 is 1.93 bits per heavy atom. The molecule has 4 nitrogen and oxygen atoms in total. The quantitative estimate of drug-likeness (QED) is 0.782. The van der Waals surface area contributed by atoms with Crippen molar-refractivity contribution in [2.45, 2.75) is 25.1 Å². The van der Waals surface area contributed by atoms with Crippen LogP contribution in [0.1, 0.15) is 33.0 Å². The Bertz CT molecular complexity index is 917. The molecule has 1 aliphatic rings. The maximum absolute atomic E-state index is 13.3. The van der Waals surface area contributed by atoms with Crippen LogP contribution in [0, 0.1) is 6.92 Å². The Labute approximate surface area is 172 Å². The van der Waals surface area contributed by atoms with Crippen LogP contribution in [0.15, 0.2) is 36.4 Å². The number of hydrogen-bond donors (Lipinski definition) is 1. The van der Waals surface area contributed by atoms with E-state index in [2.05, 4.69) is 5.32 Å². The highest BCUT2D eigenvalue weighted by Gasteiger charge is 2.37. The molecule has 2 aromatic carbocycles. The molecule has 8 heteroatoms. The fourth-order valence-electron chi connectivity index (χ4n) is 3.86. The van der Waals surface area contributed by atoms with Gasteiger partial charge in [-0.15, -0.1) is 0 Å². The second-order valence-electron chi connectivity index (χ2n) is 7.16. The number of rotatable bonds is 4. The van der Waals surface area contributed by atoms with Crippen LogP contribution < -0.4 is 10.1 Å². The van der Waals surface area contributed by atoms with Crippen LogP contribution in [0.5, 0.6) is 5.75 Å². The van der Waals surface area contributed by atoms with Crippen molar-refractivity contribution in [3.8, 4) is 5.75 Å². The molecule has 1 aliphatic heterocycles. The van der Waals surface area contributed by atoms with Crippen LogP contribution in [-0.4, -0.2) is 44.1 Å². The van der Waals surface area contributed by atoms with Crippen molar-refractivity contribution in [3.05, 3.63) is 63.7 Å². The summed E-state index contributed by atoms with van der Waals surface area (Å²) in [5.41, 5.74) is 1.09. The molecule has 0 saturated carbocycles. The Hall–Kier alpha value is -2.25. The molecule has 0 spiro atoms. The topological polar surface area (TPSA) is 41.6 Å². The fourth-order valence-corrected chi connectivity index (χ4v) is 4.09. The second kappa shape index (κ2) is 8.24. The molecule has 0 aliphatic carbocycles. The van der Waals surface area contributed by atoms with E-state index in [-0.39, 0.29) is 23.3 Å². The Morgan fingerprint density at radius 3 is 2.55 bits per heavy atom. The maximum Gasteiger partial charge on any atom is 0.419 e. The maximum atomic E-state index is 13.3. The van der Waals surface area contributed by atoms with Crippen molar-refractivity contribution >= 4 is 17.5 Å². The van der Waals surface area contributed by atoms with Gasteiger partial charge in [-0.25, -0.2) is 0 Å². The highest BCUT2D eigenvalue weighted by atomic mass is 35.5. The lowest BCUT2D eigenvalue weighted by molar-refractivity contribution is -0.138. The summed E-state index contributed by atoms with van der Waals surface area (Å²) in [5, 5.41) is 3.91. The summed E-state index contributed by atoms with van der Waals surface area (Å²) in [5.74, 6) is -0.765. The van der Waals surface area contributed by atoms with Gasteiger partial charge in [0.15, 0.2) is 0 Å². The van der Waals surface area contributed by atoms with E-state index in [1.807, 2.05) is 19.1 Å². The molecular weight excluding hydrogens is 405 g/mol. The number of hydrogen-bond acceptors (Lipinski definition) is 3. The molecule has 1 N–H and O–H groups in total. The summed E-state index contributed by atoms with van der Waals surface area (Å²) in [6, 6.07) is 8.81. The molecule has 0 aromatic heterocycles. The Kier molecular flexibility index (Phi) is 6.10. The molecule has 1 fully saturated rings. The number of methoxy groups -OCH3 is 1. The highest BCUT2D eigenvalue weighted by molar-refractivity contribution is 6.30. The van der Waals surface area contributed by atoms with Crippen LogP contribution in [0.3, 0.4) is 0 Å². The van der Waals surface area contributed by atoms with Gasteiger partial charge >= 0.3 is 6.18 Å². The minimum absolute atomic E-state index is 0.0153. The van der Waals surface area contributed by atoms with E-state index in [1.54, 1.807) is 13.1 Å². The third-order valence-corrected chi connectivity index (χ3v) is 5.62. The number of halogens is 4. The van der Waals surface area contributed by atoms with Crippen LogP contribution in [0.25, 0.3) is 0 Å². The number of benzene rings is 2. The van der Waals surface area contributed by atoms with Gasteiger partial charge in [0.25, 0.3) is 5.91 Å². The molecule has 2 atom stereocenters. The first kappa shape index (κ1) is 21.5. The highest BCUT2D eigenvalue weighted by Crippen LogP contribution is 2.37. The van der Waals surface area contributed by atoms with Crippen LogP contribution in [0.2, 0.25) is 5.02 Å². The van der Waals surface area contributed by atoms with Crippen molar-refractivity contribution in [1.82, 2.24) is 10.2 Å². The fraction of sp³-hybridized carbons (Fsp3) is 0.381. The molecule has 1 heterocycles. The van der Waals surface area contributed by atoms with Gasteiger partial charge in [-0.1, -0.05) is 17.7 Å². The summed E-state index contributed by atoms with van der Waals surface area (Å²) >= 11 is 6.05. The molecule has 0 unspecified atom stereocenters. The molecule has 0 radical (unpaired) electrons. The van der Waals surface area contributed by atoms with Gasteiger partial charge in [-0.2, -0.15) is 13.2 Å². The number of nitrogens with one attached hydrogen (secondary N) is 1. The SMILES string of the molecule is COc1ccc(C(=O)N(C)[C@H]2CNC[C@@H]2c2ccc(Cl)cc2C)cc1C(F)(F)F. The van der Waals surface area contributed by atoms with Crippen molar-refractivity contribution in [2.24, 2.45) is 0 Å². The number of carbonyl (C=O) groups is 1. The molecule has 0 bridgehead atoms. The summed E-state index contributed by atoms with van der Waals surface area (Å²) in [6.07, 6.45) is -4.61. The van der Waals surface area contributed by atoms with E-state index in [0.717, 1.165) is 17.2 Å². The first-order valence-electron chi connectivity index (χ1n) is 9.12. The third kappa shape index (κ3) is 4.36. The molecule has 1 amide bonds. The average Bonchev–Trinajstić information content (AvgIpc) is 3.15. The second-order valence-corrected chi connectivity index (χ2v) is 7.60. The lowest BCUT2D eigenvalue weighted by Crippen LogP contribution is -2.41. The average molecular weight is 427 g/mol. The summed E-state index contributed by atoms with van der Waals surface area (Å²) in [6.45, 7) is 3.18. The van der Waals surface area contributed by atoms with Crippen molar-refractivity contribution < 1.29 is 22.7 Å². The Balaban J connectivity index is 1.89. The summed E-state index contributed by atoms with van der Waals surface area (Å²) in [4.78, 5) is 14.5. The number of alkyl halides is 3. The number of aryl methyl sites for hydroxylation is 1. The lowest BCUT2D eigenvalue weighted by atomic mass is 9.90. The van der Waals surface area contributed by atoms with Gasteiger partial charge in [0.1, 0.15) is 5.75 Å². The van der Waals surface area contributed by atoms with Crippen molar-refractivity contribution in [2.75, 3.05) is 27.2 Å². The van der Waals surface area contributed by atoms with E-state index < -0.39 is 17.6 Å². The molecule has 1 saturated heterocycles. The number of amides is 1. The number of carbonyl (C=O) groups excluding carboxylic acids is 1. The minimum Gasteiger partial charge on any atom is -0.496 e. The molecular formula is C21H22ClF3N2O2. The summed E-state index contributed by atoms with van der Waals surface area (Å²) < 4.78 is 44.7. The van der Waals surface area contributed by atoms with Crippen molar-refractivity contribution in [3.63, 3.8) is 0 Å². The predicted molar refractivity (Wildman–Crippen MR) is 106 cm³/mol. The monoisotopic (exact) mass is 426 g/mol. The zero-order chi connectivity index (χ0) is 21.3. The van der Waals surface area contributed by atoms with Gasteiger partial charge in [-0.05, 0) is 48.4 Å². The molecule has 156 valence electrons. The number of nitrogens with zero attached hydrogens (tertiary/aromatic N) is 1. The van der Waals surface area contributed by atoms with Crippen LogP contribution in [0.4, 0.5) is 13.2 Å². The van der Waals surface area contributed by atoms with Crippen molar-refractivity contribution in [1.29, 1.82) is 0 Å². The molecule has 3 rings (SSSR count). The van der Waals surface area contributed by atoms with Crippen LogP contribution in [-0.2, 0) is 6.18 Å². The first-order valence-corrected chi connectivity index (χ1v) is 9.50. The molecule has 29 heavy (non-hydrogen) atoms. The normalized spacial score (nSPS) is 19.3. The Morgan fingerprint density at radius 1 is 1.21 bits per heavy atom. The number of ether oxygens (including phenoxy) is 1. The first-order chi connectivity index (χ1) is 13.6. The van der Waals surface area contributed by atoms with Gasteiger partial charge in [0.05, 0.1) is 18.7 Å². The molecule has 2 aromatic rings. The lowest BCUT2D eigenvalue weighted by Gasteiger charge is -2.30. The van der Waals surface area contributed by atoms with E-state index in [1.165, 1.54) is 24.1 Å². The van der Waals surface area contributed by atoms with E-state index in [0.29, 0.717) is 18.1 Å². The zero-order valence-electron chi connectivity index (χ0n) is 16.3. The standard InChI is InChI=1S/C21H22ClF3N2O2/c1-12-8-14(22)5-6-15(12)16-10-26-11-18(16)27(2)20(28)13-4-7-19(29-3)17(9-13)21(23,24)25/h4-9,16,18,26H,10-11H2,1-3H3/t16-,18+/m1/s1. The van der Waals surface area contributed by atoms with Gasteiger partial charge < -0.3 is 15.0 Å². The zero-order valence-corrected chi connectivity index (χ0v) is 17.1. The third-order valence-electron chi connectivity index (χ3n) is 5.38. The van der Waals surface area contributed by atoms with Gasteiger partial charge in [0.2, 0.25) is 0 Å². The van der Waals surface area contributed by atoms with Gasteiger partial charge in [0, 0.05) is 36.6 Å². The van der Waals surface area contributed by atoms with E-state index in [4.69, 9.17) is 16.3 Å². The van der Waals surface area contributed by atoms with Gasteiger partial charge in [-0.3, -0.25) is 4.79 Å². The largest absolute Gasteiger partial charge is 0.496 e. The summed E-state index contributed by atoms with van der Waals surface area (Å²) in [7, 11) is 2.79. The minimum atomic E-state index is -4.61. The van der Waals surface area contributed by atoms with E-state index in [9.17, 15) is 18.0 Å². The van der Waals surface area contributed by atoms with E-state index >= 15 is 0 Å². The van der Waals surface area contributed by atoms with Crippen LogP contribution >= 0.6 is 11.6 Å². The number of likely N-dealkylation sites (N-methyl/N-ethyl adjacent to an activating group) is 1.